The Morgan fingerprint density at radius 1 is 1.03 bits per heavy atom. The van der Waals surface area contributed by atoms with Crippen LogP contribution in [0.4, 0.5) is 0 Å². The predicted molar refractivity (Wildman–Crippen MR) is 145 cm³/mol. The minimum Gasteiger partial charge on any atom is -0.507 e. The molecular weight excluding hydrogens is 553 g/mol. The lowest BCUT2D eigenvalue weighted by atomic mass is 9.95. The molecule has 0 aromatic heterocycles. The zero-order chi connectivity index (χ0) is 27.6. The summed E-state index contributed by atoms with van der Waals surface area (Å²) in [6.07, 6.45) is 0.613. The SMILES string of the molecule is CN(C)S(=O)(=O)c1ccc(/C(O)=C2\C(=O)C(=O)N(CCCN3CCOCC3)C2c2ccc(Cl)c(Cl)c2)cc1. The van der Waals surface area contributed by atoms with Gasteiger partial charge in [0.1, 0.15) is 5.76 Å². The van der Waals surface area contributed by atoms with Crippen molar-refractivity contribution in [1.29, 1.82) is 0 Å². The Hall–Kier alpha value is -2.47. The Morgan fingerprint density at radius 2 is 1.68 bits per heavy atom. The normalized spacial score (nSPS) is 20.4. The molecule has 1 N–H and O–H groups in total. The summed E-state index contributed by atoms with van der Waals surface area (Å²) in [4.78, 5) is 30.1. The van der Waals surface area contributed by atoms with Gasteiger partial charge in [-0.3, -0.25) is 14.5 Å². The number of aliphatic hydroxyl groups is 1. The van der Waals surface area contributed by atoms with E-state index >= 15 is 0 Å². The Kier molecular flexibility index (Phi) is 8.81. The molecular formula is C26H29Cl2N3O6S. The first-order valence-electron chi connectivity index (χ1n) is 12.1. The molecule has 2 aromatic rings. The molecule has 0 bridgehead atoms. The Labute approximate surface area is 232 Å². The number of likely N-dealkylation sites (tertiary alicyclic amines) is 1. The Morgan fingerprint density at radius 3 is 2.29 bits per heavy atom. The van der Waals surface area contributed by atoms with Gasteiger partial charge in [0, 0.05) is 45.8 Å². The van der Waals surface area contributed by atoms with Gasteiger partial charge in [0.15, 0.2) is 0 Å². The molecule has 2 fully saturated rings. The van der Waals surface area contributed by atoms with Crippen LogP contribution in [-0.4, -0.2) is 92.8 Å². The number of nitrogens with zero attached hydrogens (tertiary/aromatic N) is 3. The summed E-state index contributed by atoms with van der Waals surface area (Å²) < 4.78 is 31.3. The van der Waals surface area contributed by atoms with E-state index in [0.29, 0.717) is 30.2 Å². The number of halogens is 2. The lowest BCUT2D eigenvalue weighted by Gasteiger charge is -2.29. The van der Waals surface area contributed by atoms with Crippen molar-refractivity contribution in [3.8, 4) is 0 Å². The molecule has 0 saturated carbocycles. The highest BCUT2D eigenvalue weighted by molar-refractivity contribution is 7.89. The summed E-state index contributed by atoms with van der Waals surface area (Å²) in [5, 5.41) is 11.8. The number of sulfonamides is 1. The lowest BCUT2D eigenvalue weighted by Crippen LogP contribution is -2.38. The van der Waals surface area contributed by atoms with E-state index in [1.807, 2.05) is 0 Å². The fourth-order valence-electron chi connectivity index (χ4n) is 4.58. The number of carbonyl (C=O) groups excluding carboxylic acids is 2. The van der Waals surface area contributed by atoms with E-state index in [9.17, 15) is 23.1 Å². The van der Waals surface area contributed by atoms with E-state index in [1.54, 1.807) is 18.2 Å². The van der Waals surface area contributed by atoms with Gasteiger partial charge in [0.2, 0.25) is 10.0 Å². The van der Waals surface area contributed by atoms with Crippen molar-refractivity contribution in [2.45, 2.75) is 17.4 Å². The first-order valence-corrected chi connectivity index (χ1v) is 14.3. The van der Waals surface area contributed by atoms with Crippen molar-refractivity contribution in [3.05, 3.63) is 69.2 Å². The Balaban J connectivity index is 1.71. The summed E-state index contributed by atoms with van der Waals surface area (Å²) in [6.45, 7) is 3.92. The van der Waals surface area contributed by atoms with Crippen LogP contribution >= 0.6 is 23.2 Å². The van der Waals surface area contributed by atoms with Crippen LogP contribution in [0.15, 0.2) is 52.9 Å². The van der Waals surface area contributed by atoms with E-state index in [0.717, 1.165) is 23.9 Å². The third-order valence-electron chi connectivity index (χ3n) is 6.68. The van der Waals surface area contributed by atoms with Crippen LogP contribution in [0.2, 0.25) is 10.0 Å². The predicted octanol–water partition coefficient (Wildman–Crippen LogP) is 3.39. The number of hydrogen-bond acceptors (Lipinski definition) is 7. The first kappa shape index (κ1) is 28.5. The van der Waals surface area contributed by atoms with E-state index in [-0.39, 0.29) is 27.6 Å². The average molecular weight is 583 g/mol. The second-order valence-corrected chi connectivity index (χ2v) is 12.3. The highest BCUT2D eigenvalue weighted by atomic mass is 35.5. The second-order valence-electron chi connectivity index (χ2n) is 9.29. The fraction of sp³-hybridized carbons (Fsp3) is 0.385. The van der Waals surface area contributed by atoms with Crippen LogP contribution in [0.1, 0.15) is 23.6 Å². The van der Waals surface area contributed by atoms with Gasteiger partial charge in [0.25, 0.3) is 11.7 Å². The van der Waals surface area contributed by atoms with E-state index in [1.165, 1.54) is 43.3 Å². The number of ether oxygens (including phenoxy) is 1. The zero-order valence-corrected chi connectivity index (χ0v) is 23.4. The molecule has 0 radical (unpaired) electrons. The van der Waals surface area contributed by atoms with Crippen LogP contribution < -0.4 is 0 Å². The number of aliphatic hydroxyl groups excluding tert-OH is 1. The molecule has 1 unspecified atom stereocenters. The summed E-state index contributed by atoms with van der Waals surface area (Å²) in [6, 6.07) is 9.43. The average Bonchev–Trinajstić information content (AvgIpc) is 3.15. The maximum Gasteiger partial charge on any atom is 0.295 e. The third-order valence-corrected chi connectivity index (χ3v) is 9.25. The van der Waals surface area contributed by atoms with Crippen molar-refractivity contribution < 1.29 is 27.9 Å². The number of carbonyl (C=O) groups is 2. The highest BCUT2D eigenvalue weighted by Gasteiger charge is 2.46. The van der Waals surface area contributed by atoms with E-state index in [2.05, 4.69) is 4.90 Å². The molecule has 38 heavy (non-hydrogen) atoms. The number of benzene rings is 2. The summed E-state index contributed by atoms with van der Waals surface area (Å²) in [7, 11) is -0.846. The van der Waals surface area contributed by atoms with Gasteiger partial charge in [-0.15, -0.1) is 0 Å². The van der Waals surface area contributed by atoms with Gasteiger partial charge in [-0.1, -0.05) is 29.3 Å². The van der Waals surface area contributed by atoms with Gasteiger partial charge >= 0.3 is 0 Å². The topological polar surface area (TPSA) is 107 Å². The molecule has 4 rings (SSSR count). The molecule has 2 aliphatic rings. The number of amides is 1. The molecule has 2 aliphatic heterocycles. The zero-order valence-electron chi connectivity index (χ0n) is 21.1. The highest BCUT2D eigenvalue weighted by Crippen LogP contribution is 2.41. The fourth-order valence-corrected chi connectivity index (χ4v) is 5.79. The number of morpholine rings is 1. The molecule has 2 heterocycles. The summed E-state index contributed by atoms with van der Waals surface area (Å²) in [5.74, 6) is -1.95. The third kappa shape index (κ3) is 5.75. The summed E-state index contributed by atoms with van der Waals surface area (Å²) in [5.41, 5.74) is 0.639. The van der Waals surface area contributed by atoms with Crippen LogP contribution in [0, 0.1) is 0 Å². The molecule has 12 heteroatoms. The molecule has 2 saturated heterocycles. The molecule has 1 amide bonds. The molecule has 9 nitrogen and oxygen atoms in total. The molecule has 1 atom stereocenters. The molecule has 2 aromatic carbocycles. The largest absolute Gasteiger partial charge is 0.507 e. The molecule has 0 spiro atoms. The Bertz CT molecular complexity index is 1360. The van der Waals surface area contributed by atoms with Crippen molar-refractivity contribution >= 4 is 50.7 Å². The minimum absolute atomic E-state index is 0.0312. The number of rotatable bonds is 8. The van der Waals surface area contributed by atoms with Gasteiger partial charge in [-0.25, -0.2) is 12.7 Å². The van der Waals surface area contributed by atoms with Gasteiger partial charge < -0.3 is 14.7 Å². The quantitative estimate of drug-likeness (QED) is 0.289. The van der Waals surface area contributed by atoms with Crippen molar-refractivity contribution in [1.82, 2.24) is 14.1 Å². The van der Waals surface area contributed by atoms with Gasteiger partial charge in [-0.2, -0.15) is 0 Å². The number of ketones is 1. The summed E-state index contributed by atoms with van der Waals surface area (Å²) >= 11 is 12.4. The number of hydrogen-bond donors (Lipinski definition) is 1. The van der Waals surface area contributed by atoms with Gasteiger partial charge in [0.05, 0.1) is 39.8 Å². The minimum atomic E-state index is -3.68. The van der Waals surface area contributed by atoms with Crippen molar-refractivity contribution in [2.75, 3.05) is 53.5 Å². The second kappa shape index (κ2) is 11.7. The lowest BCUT2D eigenvalue weighted by molar-refractivity contribution is -0.140. The van der Waals surface area contributed by atoms with Gasteiger partial charge in [-0.05, 0) is 48.4 Å². The maximum absolute atomic E-state index is 13.2. The first-order chi connectivity index (χ1) is 18.0. The molecule has 0 aliphatic carbocycles. The van der Waals surface area contributed by atoms with Crippen LogP contribution in [-0.2, 0) is 24.3 Å². The smallest absolute Gasteiger partial charge is 0.295 e. The number of Topliss-reactive ketones (excluding diaryl/α,β-unsaturated/α-hetero) is 1. The van der Waals surface area contributed by atoms with Crippen LogP contribution in [0.3, 0.4) is 0 Å². The van der Waals surface area contributed by atoms with Crippen molar-refractivity contribution in [3.63, 3.8) is 0 Å². The van der Waals surface area contributed by atoms with E-state index < -0.39 is 33.5 Å². The van der Waals surface area contributed by atoms with Crippen molar-refractivity contribution in [2.24, 2.45) is 0 Å². The van der Waals surface area contributed by atoms with Crippen LogP contribution in [0.25, 0.3) is 5.76 Å². The van der Waals surface area contributed by atoms with E-state index in [4.69, 9.17) is 27.9 Å². The maximum atomic E-state index is 13.2. The standard InChI is InChI=1S/C26H29Cl2N3O6S/c1-29(2)38(35,36)19-7-4-17(5-8-19)24(32)22-23(18-6-9-20(27)21(28)16-18)31(26(34)25(22)33)11-3-10-30-12-14-37-15-13-30/h4-9,16,23,32H,3,10-15H2,1-2H3/b24-22+. The van der Waals surface area contributed by atoms with Crippen LogP contribution in [0.5, 0.6) is 0 Å². The monoisotopic (exact) mass is 581 g/mol. The molecule has 204 valence electrons.